The van der Waals surface area contributed by atoms with Crippen LogP contribution in [0.15, 0.2) is 17.8 Å². The van der Waals surface area contributed by atoms with Crippen molar-refractivity contribution in [2.75, 3.05) is 18.5 Å². The molecule has 0 unspecified atom stereocenters. The number of halogens is 1. The molecule has 0 atom stereocenters. The van der Waals surface area contributed by atoms with Crippen molar-refractivity contribution in [2.45, 2.75) is 51.9 Å². The molecule has 23 heavy (non-hydrogen) atoms. The van der Waals surface area contributed by atoms with Crippen LogP contribution >= 0.6 is 11.6 Å². The summed E-state index contributed by atoms with van der Waals surface area (Å²) in [6, 6.07) is 2.31. The van der Waals surface area contributed by atoms with Gasteiger partial charge in [-0.25, -0.2) is 0 Å². The molecular weight excluding hydrogens is 314 g/mol. The monoisotopic (exact) mass is 339 g/mol. The summed E-state index contributed by atoms with van der Waals surface area (Å²) in [6.07, 6.45) is 5.51. The van der Waals surface area contributed by atoms with Crippen molar-refractivity contribution < 1.29 is 9.47 Å². The Morgan fingerprint density at radius 3 is 2.52 bits per heavy atom. The summed E-state index contributed by atoms with van der Waals surface area (Å²) >= 11 is 5.97. The van der Waals surface area contributed by atoms with Crippen LogP contribution in [0.1, 0.15) is 63.1 Å². The summed E-state index contributed by atoms with van der Waals surface area (Å²) in [5, 5.41) is 11.2. The van der Waals surface area contributed by atoms with E-state index in [1.165, 1.54) is 19.1 Å². The Morgan fingerprint density at radius 1 is 1.43 bits per heavy atom. The maximum absolute atomic E-state index is 7.72. The first kappa shape index (κ1) is 18.0. The van der Waals surface area contributed by atoms with Crippen molar-refractivity contribution in [1.82, 2.24) is 4.57 Å². The Morgan fingerprint density at radius 2 is 2.04 bits per heavy atom. The van der Waals surface area contributed by atoms with Gasteiger partial charge in [-0.2, -0.15) is 0 Å². The lowest BCUT2D eigenvalue weighted by atomic mass is 10.2. The van der Waals surface area contributed by atoms with E-state index in [-0.39, 0.29) is 0 Å². The fourth-order valence-electron chi connectivity index (χ4n) is 3.20. The second kappa shape index (κ2) is 8.52. The van der Waals surface area contributed by atoms with E-state index in [9.17, 15) is 0 Å². The molecule has 0 aliphatic heterocycles. The zero-order chi connectivity index (χ0) is 16.8. The molecule has 2 N–H and O–H groups in total. The zero-order valence-electron chi connectivity index (χ0n) is 13.9. The van der Waals surface area contributed by atoms with Gasteiger partial charge in [-0.3, -0.25) is 0 Å². The molecule has 0 amide bonds. The van der Waals surface area contributed by atoms with Crippen molar-refractivity contribution >= 4 is 23.6 Å². The van der Waals surface area contributed by atoms with E-state index in [4.69, 9.17) is 26.5 Å². The van der Waals surface area contributed by atoms with E-state index in [1.807, 2.05) is 19.9 Å². The van der Waals surface area contributed by atoms with Gasteiger partial charge in [0.2, 0.25) is 0 Å². The van der Waals surface area contributed by atoms with Crippen LogP contribution in [-0.4, -0.2) is 24.0 Å². The molecule has 0 aromatic carbocycles. The molecule has 0 bridgehead atoms. The van der Waals surface area contributed by atoms with Gasteiger partial charge < -0.3 is 24.8 Å². The van der Waals surface area contributed by atoms with E-state index in [2.05, 4.69) is 16.5 Å². The summed E-state index contributed by atoms with van der Waals surface area (Å²) in [5.41, 5.74) is 1.69. The lowest BCUT2D eigenvalue weighted by molar-refractivity contribution is -0.144. The van der Waals surface area contributed by atoms with Crippen LogP contribution in [0.3, 0.4) is 0 Å². The molecule has 1 saturated carbocycles. The summed E-state index contributed by atoms with van der Waals surface area (Å²) in [4.78, 5) is 0. The van der Waals surface area contributed by atoms with Gasteiger partial charge in [0.15, 0.2) is 6.29 Å². The Hall–Kier alpha value is -1.30. The molecular formula is C17H26ClN3O2. The highest BCUT2D eigenvalue weighted by Gasteiger charge is 2.28. The third-order valence-electron chi connectivity index (χ3n) is 4.07. The van der Waals surface area contributed by atoms with E-state index in [0.717, 1.165) is 29.9 Å². The van der Waals surface area contributed by atoms with Gasteiger partial charge in [0.1, 0.15) is 5.82 Å². The van der Waals surface area contributed by atoms with Crippen molar-refractivity contribution in [3.8, 4) is 0 Å². The van der Waals surface area contributed by atoms with Crippen LogP contribution in [0.5, 0.6) is 0 Å². The quantitative estimate of drug-likeness (QED) is 0.386. The van der Waals surface area contributed by atoms with Gasteiger partial charge in [-0.1, -0.05) is 31.0 Å². The Bertz CT molecular complexity index is 544. The van der Waals surface area contributed by atoms with Gasteiger partial charge in [0.05, 0.1) is 10.9 Å². The van der Waals surface area contributed by atoms with Crippen LogP contribution < -0.4 is 5.32 Å². The summed E-state index contributed by atoms with van der Waals surface area (Å²) in [6.45, 7) is 8.75. The smallest absolute Gasteiger partial charge is 0.199 e. The van der Waals surface area contributed by atoms with Crippen molar-refractivity contribution in [3.05, 3.63) is 29.1 Å². The lowest BCUT2D eigenvalue weighted by Crippen LogP contribution is -2.18. The average Bonchev–Trinajstić information content (AvgIpc) is 3.13. The molecule has 2 rings (SSSR count). The summed E-state index contributed by atoms with van der Waals surface area (Å²) in [5.74, 6) is 0.798. The first-order valence-electron chi connectivity index (χ1n) is 8.22. The first-order chi connectivity index (χ1) is 11.1. The highest BCUT2D eigenvalue weighted by molar-refractivity contribution is 6.30. The van der Waals surface area contributed by atoms with Gasteiger partial charge >= 0.3 is 0 Å². The molecule has 1 aromatic heterocycles. The molecule has 0 spiro atoms. The Kier molecular flexibility index (Phi) is 6.69. The molecule has 1 fully saturated rings. The molecule has 0 saturated heterocycles. The molecule has 1 aliphatic carbocycles. The molecule has 1 aromatic rings. The third-order valence-corrected chi connectivity index (χ3v) is 4.17. The van der Waals surface area contributed by atoms with Crippen molar-refractivity contribution in [3.63, 3.8) is 0 Å². The highest BCUT2D eigenvalue weighted by Crippen LogP contribution is 2.39. The van der Waals surface area contributed by atoms with Crippen LogP contribution in [-0.2, 0) is 9.47 Å². The van der Waals surface area contributed by atoms with Crippen LogP contribution in [0.25, 0.3) is 0 Å². The maximum atomic E-state index is 7.72. The molecule has 128 valence electrons. The van der Waals surface area contributed by atoms with E-state index < -0.39 is 6.29 Å². The predicted octanol–water partition coefficient (Wildman–Crippen LogP) is 4.79. The fourth-order valence-corrected chi connectivity index (χ4v) is 3.28. The first-order valence-corrected chi connectivity index (χ1v) is 8.60. The minimum atomic E-state index is -0.441. The molecule has 6 heteroatoms. The predicted molar refractivity (Wildman–Crippen MR) is 94.4 cm³/mol. The number of nitrogens with one attached hydrogen (secondary N) is 2. The van der Waals surface area contributed by atoms with Gasteiger partial charge in [-0.15, -0.1) is 0 Å². The number of nitrogens with zero attached hydrogens (tertiary/aromatic N) is 1. The number of hydrogen-bond acceptors (Lipinski definition) is 4. The van der Waals surface area contributed by atoms with Gasteiger partial charge in [0.25, 0.3) is 0 Å². The fraction of sp³-hybridized carbons (Fsp3) is 0.588. The van der Waals surface area contributed by atoms with Gasteiger partial charge in [-0.05, 0) is 32.8 Å². The highest BCUT2D eigenvalue weighted by atomic mass is 35.5. The minimum absolute atomic E-state index is 0.335. The van der Waals surface area contributed by atoms with Crippen LogP contribution in [0.4, 0.5) is 5.82 Å². The number of rotatable bonds is 9. The Balaban J connectivity index is 2.51. The van der Waals surface area contributed by atoms with Gasteiger partial charge in [0, 0.05) is 31.0 Å². The second-order valence-electron chi connectivity index (χ2n) is 5.60. The number of hydrogen-bond donors (Lipinski definition) is 2. The summed E-state index contributed by atoms with van der Waals surface area (Å²) in [7, 11) is 0. The Labute approximate surface area is 143 Å². The number of anilines is 1. The topological polar surface area (TPSA) is 59.3 Å². The van der Waals surface area contributed by atoms with Crippen LogP contribution in [0.2, 0.25) is 0 Å². The second-order valence-corrected chi connectivity index (χ2v) is 6.05. The average molecular weight is 340 g/mol. The number of ether oxygens (including phenoxy) is 2. The summed E-state index contributed by atoms with van der Waals surface area (Å²) < 4.78 is 13.8. The van der Waals surface area contributed by atoms with E-state index >= 15 is 0 Å². The van der Waals surface area contributed by atoms with Crippen molar-refractivity contribution in [2.24, 2.45) is 0 Å². The minimum Gasteiger partial charge on any atom is -0.347 e. The largest absolute Gasteiger partial charge is 0.347 e. The lowest BCUT2D eigenvalue weighted by Gasteiger charge is -2.25. The van der Waals surface area contributed by atoms with Crippen LogP contribution in [0, 0.1) is 5.41 Å². The molecule has 0 radical (unpaired) electrons. The molecule has 1 heterocycles. The third kappa shape index (κ3) is 4.16. The number of aromatic nitrogens is 1. The standard InChI is InChI=1S/C17H26ClN3O2/c1-4-22-17(23-5-2)15-10-13(11-19)16(20-12(3)18)21(15)14-8-6-7-9-14/h10-11,14,17,19-20H,3-9H2,1-2H3. The normalized spacial score (nSPS) is 15.3. The SMILES string of the molecule is C=C(Cl)Nc1c(C=N)cc(C(OCC)OCC)n1C1CCCC1. The maximum Gasteiger partial charge on any atom is 0.199 e. The molecule has 5 nitrogen and oxygen atoms in total. The van der Waals surface area contributed by atoms with Crippen molar-refractivity contribution in [1.29, 1.82) is 5.41 Å². The molecule has 1 aliphatic rings. The zero-order valence-corrected chi connectivity index (χ0v) is 14.7. The van der Waals surface area contributed by atoms with E-state index in [1.54, 1.807) is 0 Å². The van der Waals surface area contributed by atoms with E-state index in [0.29, 0.717) is 24.4 Å².